The summed E-state index contributed by atoms with van der Waals surface area (Å²) in [5, 5.41) is 12.9. The van der Waals surface area contributed by atoms with Gasteiger partial charge in [-0.25, -0.2) is 0 Å². The van der Waals surface area contributed by atoms with Gasteiger partial charge < -0.3 is 9.90 Å². The second-order valence-electron chi connectivity index (χ2n) is 8.50. The molecule has 0 radical (unpaired) electrons. The number of carboxylic acid groups (broad SMARTS) is 1. The first-order chi connectivity index (χ1) is 15.1. The topological polar surface area (TPSA) is 77.5 Å². The second kappa shape index (κ2) is 6.14. The SMILES string of the molecule is O=C1[C@@H]2[C@@H](C(=O)N1Cc1ccccc1)C1c3ccccc3C2(C(=O)[O-])c2ccccc21. The van der Waals surface area contributed by atoms with Crippen LogP contribution in [0.2, 0.25) is 0 Å². The molecule has 0 spiro atoms. The zero-order valence-electron chi connectivity index (χ0n) is 16.5. The molecule has 5 heteroatoms. The smallest absolute Gasteiger partial charge is 0.235 e. The Balaban J connectivity index is 1.61. The number of carbonyl (C=O) groups is 3. The highest BCUT2D eigenvalue weighted by Gasteiger charge is 2.68. The number of hydrogen-bond acceptors (Lipinski definition) is 4. The predicted octanol–water partition coefficient (Wildman–Crippen LogP) is 1.98. The Kier molecular flexibility index (Phi) is 3.58. The number of aliphatic carboxylic acids is 1. The lowest BCUT2D eigenvalue weighted by Gasteiger charge is -2.54. The molecule has 152 valence electrons. The van der Waals surface area contributed by atoms with Crippen molar-refractivity contribution >= 4 is 17.8 Å². The number of carboxylic acids is 1. The minimum Gasteiger partial charge on any atom is -0.549 e. The zero-order valence-corrected chi connectivity index (χ0v) is 16.5. The van der Waals surface area contributed by atoms with Gasteiger partial charge in [0.25, 0.3) is 0 Å². The minimum atomic E-state index is -1.68. The van der Waals surface area contributed by atoms with E-state index >= 15 is 0 Å². The summed E-state index contributed by atoms with van der Waals surface area (Å²) in [5.41, 5.74) is 1.90. The van der Waals surface area contributed by atoms with Gasteiger partial charge in [-0.05, 0) is 27.8 Å². The lowest BCUT2D eigenvalue weighted by molar-refractivity contribution is -0.314. The predicted molar refractivity (Wildman–Crippen MR) is 109 cm³/mol. The molecule has 1 heterocycles. The molecule has 1 saturated heterocycles. The summed E-state index contributed by atoms with van der Waals surface area (Å²) in [5.74, 6) is -4.18. The van der Waals surface area contributed by atoms with Crippen molar-refractivity contribution in [2.24, 2.45) is 11.8 Å². The first-order valence-electron chi connectivity index (χ1n) is 10.4. The largest absolute Gasteiger partial charge is 0.549 e. The second-order valence-corrected chi connectivity index (χ2v) is 8.50. The molecule has 1 fully saturated rings. The van der Waals surface area contributed by atoms with Gasteiger partial charge in [-0.1, -0.05) is 78.9 Å². The average molecular weight is 408 g/mol. The van der Waals surface area contributed by atoms with Crippen LogP contribution < -0.4 is 5.11 Å². The molecule has 2 bridgehead atoms. The van der Waals surface area contributed by atoms with Gasteiger partial charge in [-0.2, -0.15) is 0 Å². The quantitative estimate of drug-likeness (QED) is 0.621. The number of hydrogen-bond donors (Lipinski definition) is 0. The molecule has 1 aliphatic heterocycles. The molecule has 5 nitrogen and oxygen atoms in total. The van der Waals surface area contributed by atoms with E-state index in [9.17, 15) is 19.5 Å². The van der Waals surface area contributed by atoms with E-state index in [2.05, 4.69) is 0 Å². The molecule has 3 aliphatic carbocycles. The molecule has 4 aliphatic rings. The molecular weight excluding hydrogens is 390 g/mol. The lowest BCUT2D eigenvalue weighted by atomic mass is 9.47. The summed E-state index contributed by atoms with van der Waals surface area (Å²) in [6.07, 6.45) is 0. The monoisotopic (exact) mass is 408 g/mol. The summed E-state index contributed by atoms with van der Waals surface area (Å²) in [6.45, 7) is 0.133. The molecule has 2 atom stereocenters. The molecular formula is C26H18NO4-. The van der Waals surface area contributed by atoms with Crippen molar-refractivity contribution < 1.29 is 19.5 Å². The molecule has 7 rings (SSSR count). The molecule has 0 N–H and O–H groups in total. The van der Waals surface area contributed by atoms with E-state index in [4.69, 9.17) is 0 Å². The van der Waals surface area contributed by atoms with Crippen molar-refractivity contribution in [3.8, 4) is 0 Å². The maximum Gasteiger partial charge on any atom is 0.235 e. The normalized spacial score (nSPS) is 27.6. The van der Waals surface area contributed by atoms with Gasteiger partial charge in [0.2, 0.25) is 11.8 Å². The van der Waals surface area contributed by atoms with Crippen molar-refractivity contribution in [1.82, 2.24) is 4.90 Å². The third-order valence-corrected chi connectivity index (χ3v) is 7.21. The number of likely N-dealkylation sites (tertiary alicyclic amines) is 1. The fourth-order valence-electron chi connectivity index (χ4n) is 6.10. The van der Waals surface area contributed by atoms with E-state index in [1.807, 2.05) is 54.6 Å². The van der Waals surface area contributed by atoms with Crippen molar-refractivity contribution in [2.45, 2.75) is 17.9 Å². The van der Waals surface area contributed by atoms with E-state index in [1.165, 1.54) is 4.90 Å². The summed E-state index contributed by atoms with van der Waals surface area (Å²) < 4.78 is 0. The number of benzene rings is 3. The Morgan fingerprint density at radius 1 is 0.806 bits per heavy atom. The van der Waals surface area contributed by atoms with Crippen molar-refractivity contribution in [2.75, 3.05) is 0 Å². The molecule has 0 aromatic heterocycles. The Bertz CT molecular complexity index is 1220. The van der Waals surface area contributed by atoms with Gasteiger partial charge in [-0.15, -0.1) is 0 Å². The highest BCUT2D eigenvalue weighted by atomic mass is 16.4. The van der Waals surface area contributed by atoms with Crippen LogP contribution in [0.5, 0.6) is 0 Å². The van der Waals surface area contributed by atoms with Gasteiger partial charge in [-0.3, -0.25) is 14.5 Å². The number of amides is 2. The van der Waals surface area contributed by atoms with Crippen LogP contribution in [0.15, 0.2) is 78.9 Å². The van der Waals surface area contributed by atoms with Gasteiger partial charge in [0.1, 0.15) is 0 Å². The van der Waals surface area contributed by atoms with E-state index in [1.54, 1.807) is 24.3 Å². The van der Waals surface area contributed by atoms with Crippen LogP contribution >= 0.6 is 0 Å². The first-order valence-corrected chi connectivity index (χ1v) is 10.4. The Labute approximate surface area is 178 Å². The average Bonchev–Trinajstić information content (AvgIpc) is 3.05. The number of nitrogens with zero attached hydrogens (tertiary/aromatic N) is 1. The van der Waals surface area contributed by atoms with Crippen molar-refractivity contribution in [3.63, 3.8) is 0 Å². The fraction of sp³-hybridized carbons (Fsp3) is 0.192. The standard InChI is InChI=1S/C26H19NO4/c28-23-21-20-16-10-4-6-12-18(16)26(25(30)31,19-13-7-5-11-17(19)20)22(21)24(29)27(23)14-15-8-2-1-3-9-15/h1-13,20-22H,14H2,(H,30,31)/p-1/t20?,21-,22-,26?/m0/s1. The fourth-order valence-corrected chi connectivity index (χ4v) is 6.10. The maximum absolute atomic E-state index is 13.7. The Hall–Kier alpha value is -3.73. The van der Waals surface area contributed by atoms with Crippen LogP contribution in [0, 0.1) is 11.8 Å². The molecule has 0 unspecified atom stereocenters. The highest BCUT2D eigenvalue weighted by molar-refractivity contribution is 6.11. The van der Waals surface area contributed by atoms with Gasteiger partial charge in [0, 0.05) is 5.92 Å². The molecule has 3 aromatic rings. The van der Waals surface area contributed by atoms with Crippen LogP contribution in [-0.4, -0.2) is 22.7 Å². The van der Waals surface area contributed by atoms with Crippen LogP contribution in [0.4, 0.5) is 0 Å². The van der Waals surface area contributed by atoms with Crippen LogP contribution in [-0.2, 0) is 26.3 Å². The van der Waals surface area contributed by atoms with E-state index in [0.29, 0.717) is 11.1 Å². The third-order valence-electron chi connectivity index (χ3n) is 7.21. The Morgan fingerprint density at radius 3 is 1.94 bits per heavy atom. The third kappa shape index (κ3) is 2.08. The summed E-state index contributed by atoms with van der Waals surface area (Å²) in [7, 11) is 0. The summed E-state index contributed by atoms with van der Waals surface area (Å²) >= 11 is 0. The van der Waals surface area contributed by atoms with E-state index in [-0.39, 0.29) is 18.4 Å². The summed E-state index contributed by atoms with van der Waals surface area (Å²) in [6, 6.07) is 23.8. The molecule has 3 aromatic carbocycles. The van der Waals surface area contributed by atoms with Crippen LogP contribution in [0.25, 0.3) is 0 Å². The minimum absolute atomic E-state index is 0.133. The Morgan fingerprint density at radius 2 is 1.35 bits per heavy atom. The lowest BCUT2D eigenvalue weighted by Crippen LogP contribution is -2.61. The highest BCUT2D eigenvalue weighted by Crippen LogP contribution is 2.63. The first kappa shape index (κ1) is 18.1. The number of rotatable bonds is 3. The molecule has 31 heavy (non-hydrogen) atoms. The van der Waals surface area contributed by atoms with Gasteiger partial charge >= 0.3 is 0 Å². The van der Waals surface area contributed by atoms with Crippen molar-refractivity contribution in [1.29, 1.82) is 0 Å². The maximum atomic E-state index is 13.7. The molecule has 2 amide bonds. The molecule has 0 saturated carbocycles. The zero-order chi connectivity index (χ0) is 21.3. The van der Waals surface area contributed by atoms with Crippen molar-refractivity contribution in [3.05, 3.63) is 107 Å². The van der Waals surface area contributed by atoms with E-state index in [0.717, 1.165) is 16.7 Å². The van der Waals surface area contributed by atoms with E-state index < -0.39 is 29.1 Å². The number of carbonyl (C=O) groups excluding carboxylic acids is 3. The van der Waals surface area contributed by atoms with Gasteiger partial charge in [0.05, 0.1) is 29.8 Å². The van der Waals surface area contributed by atoms with Crippen LogP contribution in [0.1, 0.15) is 33.7 Å². The van der Waals surface area contributed by atoms with Crippen LogP contribution in [0.3, 0.4) is 0 Å². The van der Waals surface area contributed by atoms with Gasteiger partial charge in [0.15, 0.2) is 0 Å². The number of imide groups is 1. The summed E-state index contributed by atoms with van der Waals surface area (Å²) in [4.78, 5) is 41.5.